The van der Waals surface area contributed by atoms with Crippen molar-refractivity contribution < 1.29 is 28.2 Å². The number of rotatable bonds is 8. The van der Waals surface area contributed by atoms with Gasteiger partial charge in [-0.2, -0.15) is 0 Å². The molecule has 0 aromatic heterocycles. The second kappa shape index (κ2) is 9.84. The summed E-state index contributed by atoms with van der Waals surface area (Å²) < 4.78 is 24.0. The summed E-state index contributed by atoms with van der Waals surface area (Å²) in [6.07, 6.45) is 0.141. The van der Waals surface area contributed by atoms with Crippen LogP contribution < -0.4 is 5.32 Å². The number of hydrogen-bond donors (Lipinski definition) is 1. The minimum Gasteiger partial charge on any atom is -0.467 e. The fourth-order valence-corrected chi connectivity index (χ4v) is 3.35. The van der Waals surface area contributed by atoms with Crippen molar-refractivity contribution in [1.82, 2.24) is 10.2 Å². The van der Waals surface area contributed by atoms with Crippen molar-refractivity contribution in [3.05, 3.63) is 34.6 Å². The second-order valence-electron chi connectivity index (χ2n) is 6.64. The molecule has 0 aliphatic carbocycles. The smallest absolute Gasteiger partial charge is 0.331 e. The fourth-order valence-electron chi connectivity index (χ4n) is 3.15. The van der Waals surface area contributed by atoms with E-state index in [2.05, 4.69) is 5.32 Å². The molecule has 28 heavy (non-hydrogen) atoms. The number of carbonyl (C=O) groups is 3. The standard InChI is InChI=1S/C19H24ClFN2O5/c1-11(27-2)18(19(26)28-3)22-15(24)9-13-7-8-16(25)23(13)10-12-5-4-6-14(20)17(12)21/h4-6,11,13,18H,7-10H2,1-3H3,(H,22,24)/t11-,13+,18+/m1/s1. The summed E-state index contributed by atoms with van der Waals surface area (Å²) >= 11 is 5.80. The van der Waals surface area contributed by atoms with Crippen molar-refractivity contribution in [1.29, 1.82) is 0 Å². The highest BCUT2D eigenvalue weighted by Gasteiger charge is 2.35. The highest BCUT2D eigenvalue weighted by molar-refractivity contribution is 6.30. The third-order valence-corrected chi connectivity index (χ3v) is 5.15. The lowest BCUT2D eigenvalue weighted by Crippen LogP contribution is -2.50. The molecule has 1 aromatic rings. The maximum Gasteiger partial charge on any atom is 0.331 e. The lowest BCUT2D eigenvalue weighted by molar-refractivity contribution is -0.149. The van der Waals surface area contributed by atoms with Gasteiger partial charge in [0, 0.05) is 38.1 Å². The van der Waals surface area contributed by atoms with Gasteiger partial charge in [-0.05, 0) is 19.4 Å². The molecule has 2 amide bonds. The molecule has 0 spiro atoms. The number of nitrogens with zero attached hydrogens (tertiary/aromatic N) is 1. The number of esters is 1. The Balaban J connectivity index is 2.06. The number of carbonyl (C=O) groups excluding carboxylic acids is 3. The highest BCUT2D eigenvalue weighted by atomic mass is 35.5. The summed E-state index contributed by atoms with van der Waals surface area (Å²) in [5.41, 5.74) is 0.286. The van der Waals surface area contributed by atoms with E-state index >= 15 is 0 Å². The van der Waals surface area contributed by atoms with Crippen LogP contribution in [0.4, 0.5) is 4.39 Å². The molecule has 1 fully saturated rings. The zero-order chi connectivity index (χ0) is 20.8. The quantitative estimate of drug-likeness (QED) is 0.658. The molecule has 1 aromatic carbocycles. The van der Waals surface area contributed by atoms with Gasteiger partial charge in [0.15, 0.2) is 6.04 Å². The lowest BCUT2D eigenvalue weighted by Gasteiger charge is -2.26. The van der Waals surface area contributed by atoms with Crippen LogP contribution in [0.3, 0.4) is 0 Å². The van der Waals surface area contributed by atoms with Crippen molar-refractivity contribution >= 4 is 29.4 Å². The molecule has 2 rings (SSSR count). The van der Waals surface area contributed by atoms with Gasteiger partial charge in [-0.3, -0.25) is 9.59 Å². The van der Waals surface area contributed by atoms with E-state index in [1.165, 1.54) is 25.2 Å². The molecule has 1 aliphatic heterocycles. The zero-order valence-corrected chi connectivity index (χ0v) is 16.8. The Hall–Kier alpha value is -2.19. The van der Waals surface area contributed by atoms with Gasteiger partial charge in [0.1, 0.15) is 5.82 Å². The van der Waals surface area contributed by atoms with Gasteiger partial charge >= 0.3 is 5.97 Å². The minimum absolute atomic E-state index is 0.0160. The zero-order valence-electron chi connectivity index (χ0n) is 16.0. The first kappa shape index (κ1) is 22.1. The number of amides is 2. The Bertz CT molecular complexity index is 745. The summed E-state index contributed by atoms with van der Waals surface area (Å²) in [4.78, 5) is 38.1. The maximum atomic E-state index is 14.2. The summed E-state index contributed by atoms with van der Waals surface area (Å²) in [5.74, 6) is -1.78. The Kier molecular flexibility index (Phi) is 7.77. The number of likely N-dealkylation sites (tertiary alicyclic amines) is 1. The number of ether oxygens (including phenoxy) is 2. The predicted molar refractivity (Wildman–Crippen MR) is 100 cm³/mol. The predicted octanol–water partition coefficient (Wildman–Crippen LogP) is 2.05. The molecule has 0 unspecified atom stereocenters. The number of hydrogen-bond acceptors (Lipinski definition) is 5. The molecule has 0 bridgehead atoms. The van der Waals surface area contributed by atoms with Crippen LogP contribution in [0.2, 0.25) is 5.02 Å². The van der Waals surface area contributed by atoms with Crippen LogP contribution in [0, 0.1) is 5.82 Å². The summed E-state index contributed by atoms with van der Waals surface area (Å²) in [7, 11) is 2.64. The van der Waals surface area contributed by atoms with E-state index in [4.69, 9.17) is 21.1 Å². The van der Waals surface area contributed by atoms with Crippen LogP contribution >= 0.6 is 11.6 Å². The van der Waals surface area contributed by atoms with Crippen LogP contribution in [-0.4, -0.2) is 55.1 Å². The third-order valence-electron chi connectivity index (χ3n) is 4.86. The van der Waals surface area contributed by atoms with E-state index in [-0.39, 0.29) is 35.9 Å². The normalized spacial score (nSPS) is 18.7. The number of methoxy groups -OCH3 is 2. The summed E-state index contributed by atoms with van der Waals surface area (Å²) in [5, 5.41) is 2.57. The first-order valence-electron chi connectivity index (χ1n) is 8.90. The molecule has 1 aliphatic rings. The molecule has 0 radical (unpaired) electrons. The van der Waals surface area contributed by atoms with E-state index in [0.29, 0.717) is 6.42 Å². The van der Waals surface area contributed by atoms with E-state index in [9.17, 15) is 18.8 Å². The van der Waals surface area contributed by atoms with Crippen LogP contribution in [-0.2, 0) is 30.4 Å². The van der Waals surface area contributed by atoms with Crippen LogP contribution in [0.1, 0.15) is 31.7 Å². The Morgan fingerprint density at radius 1 is 1.39 bits per heavy atom. The van der Waals surface area contributed by atoms with Crippen LogP contribution in [0.15, 0.2) is 18.2 Å². The molecular formula is C19H24ClFN2O5. The van der Waals surface area contributed by atoms with E-state index in [1.54, 1.807) is 19.1 Å². The van der Waals surface area contributed by atoms with Gasteiger partial charge in [0.2, 0.25) is 11.8 Å². The minimum atomic E-state index is -0.960. The van der Waals surface area contributed by atoms with Crippen molar-refractivity contribution in [3.8, 4) is 0 Å². The monoisotopic (exact) mass is 414 g/mol. The van der Waals surface area contributed by atoms with Crippen LogP contribution in [0.25, 0.3) is 0 Å². The van der Waals surface area contributed by atoms with Crippen molar-refractivity contribution in [2.24, 2.45) is 0 Å². The lowest BCUT2D eigenvalue weighted by atomic mass is 10.1. The van der Waals surface area contributed by atoms with Crippen LogP contribution in [0.5, 0.6) is 0 Å². The molecule has 3 atom stereocenters. The van der Waals surface area contributed by atoms with Gasteiger partial charge in [-0.25, -0.2) is 9.18 Å². The first-order valence-corrected chi connectivity index (χ1v) is 9.28. The summed E-state index contributed by atoms with van der Waals surface area (Å²) in [6.45, 7) is 1.66. The number of halogens is 2. The molecule has 154 valence electrons. The first-order chi connectivity index (χ1) is 13.3. The maximum absolute atomic E-state index is 14.2. The molecule has 9 heteroatoms. The van der Waals surface area contributed by atoms with E-state index in [1.807, 2.05) is 0 Å². The van der Waals surface area contributed by atoms with Gasteiger partial charge in [0.05, 0.1) is 18.2 Å². The SMILES string of the molecule is COC(=O)[C@@H](NC(=O)C[C@@H]1CCC(=O)N1Cc1cccc(Cl)c1F)[C@@H](C)OC. The average Bonchev–Trinajstić information content (AvgIpc) is 3.01. The fraction of sp³-hybridized carbons (Fsp3) is 0.526. The molecule has 1 heterocycles. The Morgan fingerprint density at radius 3 is 2.75 bits per heavy atom. The third kappa shape index (κ3) is 5.20. The summed E-state index contributed by atoms with van der Waals surface area (Å²) in [6, 6.07) is 3.23. The Labute approximate surface area is 168 Å². The second-order valence-corrected chi connectivity index (χ2v) is 7.05. The Morgan fingerprint density at radius 2 is 2.11 bits per heavy atom. The van der Waals surface area contributed by atoms with E-state index in [0.717, 1.165) is 0 Å². The van der Waals surface area contributed by atoms with Gasteiger partial charge in [-0.1, -0.05) is 23.7 Å². The average molecular weight is 415 g/mol. The highest BCUT2D eigenvalue weighted by Crippen LogP contribution is 2.26. The van der Waals surface area contributed by atoms with E-state index < -0.39 is 35.9 Å². The van der Waals surface area contributed by atoms with Crippen molar-refractivity contribution in [3.63, 3.8) is 0 Å². The largest absolute Gasteiger partial charge is 0.467 e. The topological polar surface area (TPSA) is 84.9 Å². The van der Waals surface area contributed by atoms with Gasteiger partial charge < -0.3 is 19.7 Å². The number of nitrogens with one attached hydrogen (secondary N) is 1. The molecule has 7 nitrogen and oxygen atoms in total. The molecule has 0 saturated carbocycles. The van der Waals surface area contributed by atoms with Crippen molar-refractivity contribution in [2.45, 2.75) is 50.9 Å². The molecular weight excluding hydrogens is 391 g/mol. The van der Waals surface area contributed by atoms with Gasteiger partial charge in [0.25, 0.3) is 0 Å². The number of benzene rings is 1. The van der Waals surface area contributed by atoms with Gasteiger partial charge in [-0.15, -0.1) is 0 Å². The molecule has 1 saturated heterocycles. The van der Waals surface area contributed by atoms with Crippen molar-refractivity contribution in [2.75, 3.05) is 14.2 Å². The molecule has 1 N–H and O–H groups in total.